The Morgan fingerprint density at radius 2 is 1.74 bits per heavy atom. The van der Waals surface area contributed by atoms with Crippen molar-refractivity contribution in [3.8, 4) is 6.07 Å². The molecule has 1 atom stereocenters. The topological polar surface area (TPSA) is 118 Å². The van der Waals surface area contributed by atoms with Crippen molar-refractivity contribution < 1.29 is 23.9 Å². The van der Waals surface area contributed by atoms with Crippen LogP contribution in [0.5, 0.6) is 0 Å². The number of carbonyl (C=O) groups is 3. The number of esters is 2. The van der Waals surface area contributed by atoms with E-state index < -0.39 is 24.0 Å². The van der Waals surface area contributed by atoms with Crippen LogP contribution in [-0.4, -0.2) is 31.2 Å². The average molecular weight is 440 g/mol. The van der Waals surface area contributed by atoms with Crippen molar-refractivity contribution in [3.63, 3.8) is 0 Å². The number of halogens is 1. The summed E-state index contributed by atoms with van der Waals surface area (Å²) in [6.07, 6.45) is 0. The third kappa shape index (κ3) is 5.21. The van der Waals surface area contributed by atoms with Crippen LogP contribution in [0.25, 0.3) is 0 Å². The summed E-state index contributed by atoms with van der Waals surface area (Å²) in [5.41, 5.74) is 1.48. The number of amides is 2. The average Bonchev–Trinajstić information content (AvgIpc) is 2.77. The van der Waals surface area contributed by atoms with E-state index in [-0.39, 0.29) is 30.0 Å². The SMILES string of the molecule is CCOC(=O)C1=C(COC(=O)c2ccc(C#N)cc2)NC(=O)N[C@H]1c1ccc(Cl)cc1. The van der Waals surface area contributed by atoms with Gasteiger partial charge in [0.05, 0.1) is 41.1 Å². The van der Waals surface area contributed by atoms with Crippen LogP contribution in [0.2, 0.25) is 5.02 Å². The largest absolute Gasteiger partial charge is 0.463 e. The first-order chi connectivity index (χ1) is 14.9. The van der Waals surface area contributed by atoms with Crippen LogP contribution in [-0.2, 0) is 14.3 Å². The molecule has 2 amide bonds. The molecule has 0 aliphatic carbocycles. The third-order valence-electron chi connectivity index (χ3n) is 4.45. The number of benzene rings is 2. The van der Waals surface area contributed by atoms with Gasteiger partial charge in [0.2, 0.25) is 0 Å². The zero-order valence-corrected chi connectivity index (χ0v) is 17.2. The molecule has 0 bridgehead atoms. The number of carbonyl (C=O) groups excluding carboxylic acids is 3. The monoisotopic (exact) mass is 439 g/mol. The Balaban J connectivity index is 1.90. The summed E-state index contributed by atoms with van der Waals surface area (Å²) in [7, 11) is 0. The first kappa shape index (κ1) is 21.9. The van der Waals surface area contributed by atoms with Gasteiger partial charge in [-0.15, -0.1) is 0 Å². The van der Waals surface area contributed by atoms with E-state index in [0.717, 1.165) is 0 Å². The van der Waals surface area contributed by atoms with Gasteiger partial charge in [0.1, 0.15) is 6.61 Å². The van der Waals surface area contributed by atoms with Crippen LogP contribution in [0.15, 0.2) is 59.8 Å². The van der Waals surface area contributed by atoms with Gasteiger partial charge >= 0.3 is 18.0 Å². The normalized spacial score (nSPS) is 15.4. The highest BCUT2D eigenvalue weighted by molar-refractivity contribution is 6.30. The van der Waals surface area contributed by atoms with Gasteiger partial charge in [-0.2, -0.15) is 5.26 Å². The predicted molar refractivity (Wildman–Crippen MR) is 111 cm³/mol. The Labute approximate surface area is 183 Å². The van der Waals surface area contributed by atoms with Gasteiger partial charge in [-0.05, 0) is 48.9 Å². The number of rotatable bonds is 6. The van der Waals surface area contributed by atoms with E-state index in [1.54, 1.807) is 31.2 Å². The molecule has 8 nitrogen and oxygen atoms in total. The van der Waals surface area contributed by atoms with Crippen molar-refractivity contribution in [3.05, 3.63) is 81.5 Å². The molecule has 31 heavy (non-hydrogen) atoms. The van der Waals surface area contributed by atoms with Gasteiger partial charge in [-0.25, -0.2) is 14.4 Å². The molecule has 1 heterocycles. The molecule has 2 aromatic carbocycles. The van der Waals surface area contributed by atoms with Gasteiger partial charge in [0.15, 0.2) is 0 Å². The zero-order chi connectivity index (χ0) is 22.4. The standard InChI is InChI=1S/C22H18ClN3O5/c1-2-30-21(28)18-17(12-31-20(27)15-5-3-13(11-24)4-6-15)25-22(29)26-19(18)14-7-9-16(23)10-8-14/h3-10,19H,2,12H2,1H3,(H2,25,26,29)/t19-/m0/s1. The Hall–Kier alpha value is -3.83. The second kappa shape index (κ2) is 9.78. The first-order valence-electron chi connectivity index (χ1n) is 9.33. The minimum absolute atomic E-state index is 0.115. The van der Waals surface area contributed by atoms with Crippen molar-refractivity contribution in [1.29, 1.82) is 5.26 Å². The number of hydrogen-bond acceptors (Lipinski definition) is 6. The van der Waals surface area contributed by atoms with E-state index in [0.29, 0.717) is 16.1 Å². The van der Waals surface area contributed by atoms with Gasteiger partial charge in [0, 0.05) is 5.02 Å². The molecular formula is C22H18ClN3O5. The van der Waals surface area contributed by atoms with Gasteiger partial charge in [-0.3, -0.25) is 0 Å². The number of nitrogens with zero attached hydrogens (tertiary/aromatic N) is 1. The Morgan fingerprint density at radius 3 is 2.35 bits per heavy atom. The molecule has 158 valence electrons. The second-order valence-electron chi connectivity index (χ2n) is 6.46. The Bertz CT molecular complexity index is 1070. The summed E-state index contributed by atoms with van der Waals surface area (Å²) in [6.45, 7) is 1.43. The van der Waals surface area contributed by atoms with Crippen molar-refractivity contribution >= 4 is 29.6 Å². The Kier molecular flexibility index (Phi) is 6.90. The Morgan fingerprint density at radius 1 is 1.06 bits per heavy atom. The minimum Gasteiger partial charge on any atom is -0.463 e. The molecule has 0 unspecified atom stereocenters. The molecule has 0 saturated carbocycles. The first-order valence-corrected chi connectivity index (χ1v) is 9.71. The van der Waals surface area contributed by atoms with Gasteiger partial charge in [-0.1, -0.05) is 23.7 Å². The van der Waals surface area contributed by atoms with E-state index in [9.17, 15) is 14.4 Å². The van der Waals surface area contributed by atoms with Crippen LogP contribution in [0.3, 0.4) is 0 Å². The lowest BCUT2D eigenvalue weighted by Crippen LogP contribution is -2.47. The molecule has 1 aliphatic rings. The van der Waals surface area contributed by atoms with Gasteiger partial charge < -0.3 is 20.1 Å². The molecule has 1 aliphatic heterocycles. The number of ether oxygens (including phenoxy) is 2. The fraction of sp³-hybridized carbons (Fsp3) is 0.182. The van der Waals surface area contributed by atoms with Crippen LogP contribution >= 0.6 is 11.6 Å². The smallest absolute Gasteiger partial charge is 0.338 e. The molecular weight excluding hydrogens is 422 g/mol. The molecule has 2 aromatic rings. The fourth-order valence-electron chi connectivity index (χ4n) is 2.99. The second-order valence-corrected chi connectivity index (χ2v) is 6.90. The third-order valence-corrected chi connectivity index (χ3v) is 4.70. The lowest BCUT2D eigenvalue weighted by atomic mass is 9.95. The van der Waals surface area contributed by atoms with Crippen LogP contribution in [0.1, 0.15) is 34.5 Å². The maximum atomic E-state index is 12.7. The fourth-order valence-corrected chi connectivity index (χ4v) is 3.11. The van der Waals surface area contributed by atoms with E-state index in [1.165, 1.54) is 24.3 Å². The molecule has 3 rings (SSSR count). The van der Waals surface area contributed by atoms with E-state index in [2.05, 4.69) is 10.6 Å². The summed E-state index contributed by atoms with van der Waals surface area (Å²) in [5.74, 6) is -1.32. The van der Waals surface area contributed by atoms with Crippen LogP contribution < -0.4 is 10.6 Å². The van der Waals surface area contributed by atoms with E-state index in [4.69, 9.17) is 26.3 Å². The number of hydrogen-bond donors (Lipinski definition) is 2. The molecule has 9 heteroatoms. The predicted octanol–water partition coefficient (Wildman–Crippen LogP) is 3.24. The lowest BCUT2D eigenvalue weighted by molar-refractivity contribution is -0.139. The van der Waals surface area contributed by atoms with Gasteiger partial charge in [0.25, 0.3) is 0 Å². The van der Waals surface area contributed by atoms with Crippen LogP contribution in [0.4, 0.5) is 4.79 Å². The maximum Gasteiger partial charge on any atom is 0.338 e. The summed E-state index contributed by atoms with van der Waals surface area (Å²) in [6, 6.07) is 13.1. The van der Waals surface area contributed by atoms with Crippen molar-refractivity contribution in [2.24, 2.45) is 0 Å². The summed E-state index contributed by atoms with van der Waals surface area (Å²) >= 11 is 5.94. The van der Waals surface area contributed by atoms with E-state index >= 15 is 0 Å². The molecule has 0 fully saturated rings. The molecule has 0 saturated heterocycles. The maximum absolute atomic E-state index is 12.7. The van der Waals surface area contributed by atoms with Crippen molar-refractivity contribution in [2.75, 3.05) is 13.2 Å². The highest BCUT2D eigenvalue weighted by atomic mass is 35.5. The highest BCUT2D eigenvalue weighted by Gasteiger charge is 2.34. The van der Waals surface area contributed by atoms with Crippen molar-refractivity contribution in [2.45, 2.75) is 13.0 Å². The minimum atomic E-state index is -0.811. The summed E-state index contributed by atoms with van der Waals surface area (Å²) in [4.78, 5) is 37.3. The summed E-state index contributed by atoms with van der Waals surface area (Å²) < 4.78 is 10.5. The van der Waals surface area contributed by atoms with Crippen LogP contribution in [0, 0.1) is 11.3 Å². The molecule has 2 N–H and O–H groups in total. The zero-order valence-electron chi connectivity index (χ0n) is 16.5. The highest BCUT2D eigenvalue weighted by Crippen LogP contribution is 2.29. The summed E-state index contributed by atoms with van der Waals surface area (Å²) in [5, 5.41) is 14.6. The molecule has 0 spiro atoms. The quantitative estimate of drug-likeness (QED) is 0.667. The number of nitrogens with one attached hydrogen (secondary N) is 2. The molecule has 0 aromatic heterocycles. The number of nitriles is 1. The molecule has 0 radical (unpaired) electrons. The lowest BCUT2D eigenvalue weighted by Gasteiger charge is -2.29. The van der Waals surface area contributed by atoms with Crippen molar-refractivity contribution in [1.82, 2.24) is 10.6 Å². The van der Waals surface area contributed by atoms with E-state index in [1.807, 2.05) is 6.07 Å². The number of urea groups is 1.